The number of carbonyl (C=O) groups is 14. The Bertz CT molecular complexity index is 3360. The summed E-state index contributed by atoms with van der Waals surface area (Å²) in [7, 11) is 0. The van der Waals surface area contributed by atoms with Gasteiger partial charge >= 0.3 is 0 Å². The van der Waals surface area contributed by atoms with Crippen LogP contribution in [0.1, 0.15) is 239 Å². The van der Waals surface area contributed by atoms with Crippen LogP contribution in [0.3, 0.4) is 0 Å². The number of hydrogen-bond donors (Lipinski definition) is 0. The van der Waals surface area contributed by atoms with Crippen molar-refractivity contribution in [1.82, 2.24) is 34.3 Å². The van der Waals surface area contributed by atoms with Crippen LogP contribution in [0.25, 0.3) is 0 Å². The number of likely N-dealkylation sites (tertiary alicyclic amines) is 7. The largest absolute Gasteiger partial charge is 0.637 e. The molecule has 7 aliphatic heterocycles. The maximum absolute atomic E-state index is 12.2. The van der Waals surface area contributed by atoms with E-state index in [0.717, 1.165) is 155 Å². The molecule has 35 heteroatoms. The van der Waals surface area contributed by atoms with Crippen molar-refractivity contribution < 1.29 is 329 Å². The third-order valence-electron chi connectivity index (χ3n) is 21.2. The van der Waals surface area contributed by atoms with E-state index < -0.39 is 0 Å². The van der Waals surface area contributed by atoms with E-state index in [4.69, 9.17) is 33.2 Å². The van der Waals surface area contributed by atoms with Crippen LogP contribution in [0.4, 0.5) is 0 Å². The van der Waals surface area contributed by atoms with Crippen LogP contribution in [-0.2, 0) is 329 Å². The van der Waals surface area contributed by atoms with Crippen molar-refractivity contribution in [2.24, 2.45) is 29.6 Å². The van der Waals surface area contributed by atoms with E-state index >= 15 is 0 Å². The van der Waals surface area contributed by atoms with E-state index in [1.165, 1.54) is 117 Å². The second kappa shape index (κ2) is 73.8. The fourth-order valence-electron chi connectivity index (χ4n) is 16.0. The van der Waals surface area contributed by atoms with Crippen LogP contribution < -0.4 is 0 Å². The summed E-state index contributed by atoms with van der Waals surface area (Å²) in [4.78, 5) is 169. The fourth-order valence-corrected chi connectivity index (χ4v) is 16.0. The number of amides is 7. The maximum Gasteiger partial charge on any atom is 0.271 e. The van der Waals surface area contributed by atoms with Crippen molar-refractivity contribution in [3.05, 3.63) is 135 Å². The normalized spacial score (nSPS) is 19.4. The minimum atomic E-state index is -0.324. The predicted molar refractivity (Wildman–Crippen MR) is 449 cm³/mol. The second-order valence-corrected chi connectivity index (χ2v) is 32.5. The molecule has 0 spiro atoms. The van der Waals surface area contributed by atoms with Crippen molar-refractivity contribution in [3.63, 3.8) is 0 Å². The van der Waals surface area contributed by atoms with Gasteiger partial charge < -0.3 is 67.5 Å². The minimum absolute atomic E-state index is 0. The number of carbonyl (C=O) groups excluding carboxylic acids is 14. The molecule has 7 radical (unpaired) electrons. The Kier molecular flexibility index (Phi) is 80.6. The first-order valence-corrected chi connectivity index (χ1v) is 40.9. The minimum Gasteiger partial charge on any atom is -0.637 e. The average molecular weight is 2280 g/mol. The molecule has 0 aromatic rings. The first-order chi connectivity index (χ1) is 55.4. The Balaban J connectivity index is -0.000000258. The predicted octanol–water partition coefficient (Wildman–Crippen LogP) is 13.3. The van der Waals surface area contributed by atoms with Crippen molar-refractivity contribution >= 4 is 83.1 Å². The van der Waals surface area contributed by atoms with Gasteiger partial charge in [-0.15, -0.1) is 44.9 Å². The Morgan fingerprint density at radius 3 is 0.960 bits per heavy atom. The van der Waals surface area contributed by atoms with Crippen LogP contribution in [0.2, 0.25) is 0 Å². The maximum atomic E-state index is 12.2. The van der Waals surface area contributed by atoms with Crippen LogP contribution in [0.5, 0.6) is 0 Å². The third-order valence-corrected chi connectivity index (χ3v) is 21.2. The number of hydrogen-bond acceptors (Lipinski definition) is 21. The Morgan fingerprint density at radius 2 is 0.584 bits per heavy atom. The summed E-state index contributed by atoms with van der Waals surface area (Å²) in [5, 5.41) is 0. The summed E-state index contributed by atoms with van der Waals surface area (Å²) >= 11 is 0. The van der Waals surface area contributed by atoms with Crippen LogP contribution in [-0.4, -0.2) is 204 Å². The second-order valence-electron chi connectivity index (χ2n) is 32.5. The molecule has 7 saturated heterocycles. The topological polar surface area (TPSA) is 326 Å². The quantitative estimate of drug-likeness (QED) is 0.0304. The Labute approximate surface area is 923 Å². The molecule has 7 amide bonds. The van der Waals surface area contributed by atoms with E-state index in [9.17, 15) is 67.1 Å². The standard InChI is InChI=1S/2C16H26NO3.3C12H18NO3.2C11H16NO3.7Y/c1-7-14(19)17-15(3,4)10-8-13(16(17,5)6)9-11-20-12(2)18;1-7-14(19)17-15(3,4)10-13(11-16(17,5)6)8-9-20-12(2)18;1-3-12(15)13-7-4-11(5-8-13)6-9-16-10(2)14;1-3-12(15)13-7-4-5-11(9-13)6-8-16-10(2)14;1-3-12(15)13-8-5-4-6-11(13)7-9-16-10(2)14;1-3-11(14)12-6-4-10(8-12)5-7-15-9(2)13;1-3-11(14)12-7-4-5-10(12)6-8-15-9(2)13;;;;;;;/h7,11,13H,1,8-10H2,2-6H3;7,9,13H,1,8,10-11H2,2-6H3;3,9,11H,1,4-8H2,2H3;3,8,11H,1,4-7,9H2,2H3;3,9,11H,1,4-8H2,2H3;3,7,10H,1,4-6,8H2,2H3;3,8,10H,1,4-7H2,2H3;;;;;;;/q7*-1;;;;;;;. The molecular formula is C90H138N7O21Y7-7. The molecule has 0 saturated carbocycles. The van der Waals surface area contributed by atoms with Gasteiger partial charge in [0.1, 0.15) is 0 Å². The summed E-state index contributed by atoms with van der Waals surface area (Å²) in [6, 6.07) is 0.286. The van der Waals surface area contributed by atoms with Crippen molar-refractivity contribution in [3.8, 4) is 0 Å². The number of rotatable bonds is 28. The van der Waals surface area contributed by atoms with E-state index in [0.29, 0.717) is 55.8 Å². The van der Waals surface area contributed by atoms with Gasteiger partial charge in [0.15, 0.2) is 0 Å². The number of piperidine rings is 5. The van der Waals surface area contributed by atoms with Gasteiger partial charge in [0.05, 0.1) is 0 Å². The van der Waals surface area contributed by atoms with Gasteiger partial charge in [-0.1, -0.05) is 57.9 Å². The molecule has 0 aromatic carbocycles. The van der Waals surface area contributed by atoms with Crippen molar-refractivity contribution in [2.75, 3.05) is 52.4 Å². The van der Waals surface area contributed by atoms with Crippen LogP contribution >= 0.6 is 0 Å². The number of nitrogens with zero attached hydrogens (tertiary/aromatic N) is 7. The molecule has 0 bridgehead atoms. The zero-order chi connectivity index (χ0) is 89.5. The van der Waals surface area contributed by atoms with Crippen LogP contribution in [0.15, 0.2) is 88.6 Å². The summed E-state index contributed by atoms with van der Waals surface area (Å²) < 4.78 is 33.7. The van der Waals surface area contributed by atoms with E-state index in [-0.39, 0.29) is 352 Å². The van der Waals surface area contributed by atoms with Gasteiger partial charge in [-0.25, -0.2) is 0 Å². The summed E-state index contributed by atoms with van der Waals surface area (Å²) in [6.07, 6.45) is 27.9. The Morgan fingerprint density at radius 1 is 0.296 bits per heavy atom. The summed E-state index contributed by atoms with van der Waals surface area (Å²) in [6.45, 7) is 67.7. The average Bonchev–Trinajstić information content (AvgIpc) is 1.11. The smallest absolute Gasteiger partial charge is 0.271 e. The van der Waals surface area contributed by atoms with Gasteiger partial charge in [-0.3, -0.25) is 67.1 Å². The molecule has 28 nitrogen and oxygen atoms in total. The molecule has 125 heavy (non-hydrogen) atoms. The Hall–Kier alpha value is -1.51. The van der Waals surface area contributed by atoms with E-state index in [1.54, 1.807) is 44.3 Å². The molecular weight excluding hydrogens is 2140 g/mol. The van der Waals surface area contributed by atoms with Gasteiger partial charge in [0.25, 0.3) is 41.8 Å². The fraction of sp³-hybridized carbons (Fsp3) is 0.611. The molecule has 687 valence electrons. The SMILES string of the molecule is C=CC(=O)N1C(C)(C)CC(C[CH-]OC(C)=O)CC1(C)C.C=CC(=O)N1C(C)(C)CCC(C[CH-]OC(C)=O)C1(C)C.C=CC(=O)N1CCC(C[CH-]OC(C)=O)C1.C=CC(=O)N1CCC(C[CH-]OC(C)=O)CC1.C=CC(=O)N1CCCC(C[CH-]OC(C)=O)C1.C=CC(=O)N1CCCC1C[CH-]OC(C)=O.C=CC(=O)N1CCCCC1C[CH-]OC(C)=O.[Y].[Y].[Y].[Y].[Y].[Y].[Y]. The molecule has 0 aliphatic carbocycles. The summed E-state index contributed by atoms with van der Waals surface area (Å²) in [5.74, 6) is -0.363. The number of ether oxygens (including phenoxy) is 7. The molecule has 7 fully saturated rings. The van der Waals surface area contributed by atoms with Gasteiger partial charge in [-0.2, -0.15) is 46.2 Å². The molecule has 7 aliphatic rings. The molecule has 7 rings (SSSR count). The first-order valence-electron chi connectivity index (χ1n) is 40.9. The first kappa shape index (κ1) is 137. The van der Waals surface area contributed by atoms with Gasteiger partial charge in [0, 0.05) is 364 Å². The molecule has 0 aromatic heterocycles. The molecule has 0 N–H and O–H groups in total. The molecule has 5 unspecified atom stereocenters. The third kappa shape index (κ3) is 55.8. The van der Waals surface area contributed by atoms with E-state index in [2.05, 4.69) is 101 Å². The van der Waals surface area contributed by atoms with Gasteiger partial charge in [0.2, 0.25) is 41.4 Å². The molecule has 5 atom stereocenters. The van der Waals surface area contributed by atoms with Gasteiger partial charge in [-0.05, 0) is 206 Å². The zero-order valence-electron chi connectivity index (χ0n) is 77.3. The molecule has 7 heterocycles. The monoisotopic (exact) mass is 2280 g/mol. The van der Waals surface area contributed by atoms with E-state index in [1.807, 2.05) is 9.80 Å². The van der Waals surface area contributed by atoms with Crippen molar-refractivity contribution in [2.45, 2.75) is 273 Å². The summed E-state index contributed by atoms with van der Waals surface area (Å²) in [5.41, 5.74) is -0.958. The zero-order valence-corrected chi connectivity index (χ0v) is 97.2. The van der Waals surface area contributed by atoms with Crippen molar-refractivity contribution in [1.29, 1.82) is 0 Å². The number of esters is 7. The van der Waals surface area contributed by atoms with Crippen LogP contribution in [0, 0.1) is 75.8 Å².